The van der Waals surface area contributed by atoms with E-state index >= 15 is 0 Å². The maximum absolute atomic E-state index is 9.57. The van der Waals surface area contributed by atoms with Gasteiger partial charge in [-0.1, -0.05) is 46.1 Å². The lowest BCUT2D eigenvalue weighted by Gasteiger charge is -2.28. The fourth-order valence-electron chi connectivity index (χ4n) is 1.30. The Kier molecular flexibility index (Phi) is 5.23. The molecule has 0 radical (unpaired) electrons. The quantitative estimate of drug-likeness (QED) is 0.479. The third-order valence-corrected chi connectivity index (χ3v) is 2.45. The zero-order valence-electron chi connectivity index (χ0n) is 8.64. The van der Waals surface area contributed by atoms with Crippen LogP contribution in [0.15, 0.2) is 12.7 Å². The minimum atomic E-state index is -0.366. The molecule has 0 fully saturated rings. The lowest BCUT2D eigenvalue weighted by Crippen LogP contribution is -2.27. The van der Waals surface area contributed by atoms with Crippen molar-refractivity contribution in [3.8, 4) is 0 Å². The maximum Gasteiger partial charge on any atom is 0.0769 e. The van der Waals surface area contributed by atoms with Gasteiger partial charge in [-0.15, -0.1) is 6.58 Å². The molecule has 0 aromatic heterocycles. The van der Waals surface area contributed by atoms with Crippen LogP contribution in [0.2, 0.25) is 0 Å². The van der Waals surface area contributed by atoms with Crippen LogP contribution in [0.5, 0.6) is 0 Å². The van der Waals surface area contributed by atoms with Crippen LogP contribution in [0, 0.1) is 5.41 Å². The summed E-state index contributed by atoms with van der Waals surface area (Å²) in [5.74, 6) is 0. The predicted molar refractivity (Wildman–Crippen MR) is 54.1 cm³/mol. The molecule has 12 heavy (non-hydrogen) atoms. The highest BCUT2D eigenvalue weighted by Crippen LogP contribution is 2.28. The van der Waals surface area contributed by atoms with Gasteiger partial charge < -0.3 is 5.11 Å². The summed E-state index contributed by atoms with van der Waals surface area (Å²) in [4.78, 5) is 0. The Morgan fingerprint density at radius 3 is 2.42 bits per heavy atom. The summed E-state index contributed by atoms with van der Waals surface area (Å²) in [6.45, 7) is 9.98. The molecule has 0 saturated heterocycles. The first-order valence-electron chi connectivity index (χ1n) is 4.85. The lowest BCUT2D eigenvalue weighted by molar-refractivity contribution is 0.0815. The fourth-order valence-corrected chi connectivity index (χ4v) is 1.30. The highest BCUT2D eigenvalue weighted by molar-refractivity contribution is 4.89. The van der Waals surface area contributed by atoms with Crippen LogP contribution in [0.1, 0.15) is 46.5 Å². The van der Waals surface area contributed by atoms with Gasteiger partial charge in [0.05, 0.1) is 6.10 Å². The van der Waals surface area contributed by atoms with Crippen LogP contribution in [-0.4, -0.2) is 11.2 Å². The van der Waals surface area contributed by atoms with Crippen molar-refractivity contribution < 1.29 is 5.11 Å². The Labute approximate surface area is 76.5 Å². The summed E-state index contributed by atoms with van der Waals surface area (Å²) < 4.78 is 0. The molecule has 0 heterocycles. The number of hydrogen-bond donors (Lipinski definition) is 1. The van der Waals surface area contributed by atoms with Gasteiger partial charge in [-0.05, 0) is 11.8 Å². The Morgan fingerprint density at radius 1 is 1.42 bits per heavy atom. The molecule has 0 aliphatic rings. The maximum atomic E-state index is 9.57. The van der Waals surface area contributed by atoms with E-state index in [1.807, 2.05) is 0 Å². The van der Waals surface area contributed by atoms with Crippen molar-refractivity contribution in [2.75, 3.05) is 0 Å². The number of unbranched alkanes of at least 4 members (excludes halogenated alkanes) is 2. The Morgan fingerprint density at radius 2 is 2.00 bits per heavy atom. The van der Waals surface area contributed by atoms with E-state index in [4.69, 9.17) is 0 Å². The average Bonchev–Trinajstić information content (AvgIpc) is 2.03. The first kappa shape index (κ1) is 11.7. The van der Waals surface area contributed by atoms with Gasteiger partial charge in [0.15, 0.2) is 0 Å². The SMILES string of the molecule is C=C[C@@H](O)C(C)(C)CCCCC. The Balaban J connectivity index is 3.77. The van der Waals surface area contributed by atoms with Crippen LogP contribution in [-0.2, 0) is 0 Å². The monoisotopic (exact) mass is 170 g/mol. The van der Waals surface area contributed by atoms with Crippen LogP contribution in [0.25, 0.3) is 0 Å². The second-order valence-electron chi connectivity index (χ2n) is 4.13. The van der Waals surface area contributed by atoms with E-state index in [0.717, 1.165) is 6.42 Å². The molecule has 0 aliphatic carbocycles. The van der Waals surface area contributed by atoms with Crippen molar-refractivity contribution in [3.63, 3.8) is 0 Å². The van der Waals surface area contributed by atoms with Crippen LogP contribution in [0.3, 0.4) is 0 Å². The predicted octanol–water partition coefficient (Wildman–Crippen LogP) is 3.14. The second-order valence-corrected chi connectivity index (χ2v) is 4.13. The van der Waals surface area contributed by atoms with Gasteiger partial charge in [0.2, 0.25) is 0 Å². The molecule has 1 heteroatoms. The summed E-state index contributed by atoms with van der Waals surface area (Å²) >= 11 is 0. The summed E-state index contributed by atoms with van der Waals surface area (Å²) in [7, 11) is 0. The highest BCUT2D eigenvalue weighted by atomic mass is 16.3. The molecule has 0 spiro atoms. The van der Waals surface area contributed by atoms with E-state index in [-0.39, 0.29) is 11.5 Å². The van der Waals surface area contributed by atoms with Crippen molar-refractivity contribution in [2.24, 2.45) is 5.41 Å². The normalized spacial score (nSPS) is 14.3. The highest BCUT2D eigenvalue weighted by Gasteiger charge is 2.24. The molecule has 72 valence electrons. The van der Waals surface area contributed by atoms with E-state index < -0.39 is 0 Å². The number of aliphatic hydroxyl groups excluding tert-OH is 1. The Hall–Kier alpha value is -0.300. The van der Waals surface area contributed by atoms with Gasteiger partial charge in [0, 0.05) is 0 Å². The van der Waals surface area contributed by atoms with Gasteiger partial charge in [0.1, 0.15) is 0 Å². The third-order valence-electron chi connectivity index (χ3n) is 2.45. The van der Waals surface area contributed by atoms with Crippen molar-refractivity contribution in [1.29, 1.82) is 0 Å². The van der Waals surface area contributed by atoms with Crippen LogP contribution >= 0.6 is 0 Å². The summed E-state index contributed by atoms with van der Waals surface area (Å²) in [6.07, 6.45) is 6.04. The van der Waals surface area contributed by atoms with Crippen molar-refractivity contribution in [2.45, 2.75) is 52.6 Å². The molecule has 0 aliphatic heterocycles. The van der Waals surface area contributed by atoms with Gasteiger partial charge in [-0.3, -0.25) is 0 Å². The molecule has 0 rings (SSSR count). The standard InChI is InChI=1S/C11H22O/c1-5-7-8-9-11(3,4)10(12)6-2/h6,10,12H,2,5,7-9H2,1,3-4H3/t10-/m1/s1. The van der Waals surface area contributed by atoms with Gasteiger partial charge in [-0.25, -0.2) is 0 Å². The van der Waals surface area contributed by atoms with Gasteiger partial charge in [-0.2, -0.15) is 0 Å². The molecule has 0 unspecified atom stereocenters. The molecule has 1 N–H and O–H groups in total. The molecule has 0 amide bonds. The first-order chi connectivity index (χ1) is 5.54. The van der Waals surface area contributed by atoms with Crippen molar-refractivity contribution in [3.05, 3.63) is 12.7 Å². The van der Waals surface area contributed by atoms with Crippen molar-refractivity contribution >= 4 is 0 Å². The van der Waals surface area contributed by atoms with E-state index in [9.17, 15) is 5.11 Å². The topological polar surface area (TPSA) is 20.2 Å². The van der Waals surface area contributed by atoms with Crippen molar-refractivity contribution in [1.82, 2.24) is 0 Å². The lowest BCUT2D eigenvalue weighted by atomic mass is 9.81. The zero-order chi connectivity index (χ0) is 9.61. The van der Waals surface area contributed by atoms with Crippen LogP contribution < -0.4 is 0 Å². The second kappa shape index (κ2) is 5.36. The summed E-state index contributed by atoms with van der Waals surface area (Å²) in [5.41, 5.74) is -0.00306. The van der Waals surface area contributed by atoms with E-state index in [2.05, 4.69) is 27.4 Å². The molecule has 0 saturated carbocycles. The average molecular weight is 170 g/mol. The molecule has 0 bridgehead atoms. The largest absolute Gasteiger partial charge is 0.388 e. The number of hydrogen-bond acceptors (Lipinski definition) is 1. The first-order valence-corrected chi connectivity index (χ1v) is 4.85. The molecular formula is C11H22O. The van der Waals surface area contributed by atoms with Gasteiger partial charge in [0.25, 0.3) is 0 Å². The smallest absolute Gasteiger partial charge is 0.0769 e. The third kappa shape index (κ3) is 3.91. The van der Waals surface area contributed by atoms with E-state index in [1.165, 1.54) is 19.3 Å². The zero-order valence-corrected chi connectivity index (χ0v) is 8.64. The van der Waals surface area contributed by atoms with E-state index in [0.29, 0.717) is 0 Å². The molecule has 1 atom stereocenters. The molecular weight excluding hydrogens is 148 g/mol. The van der Waals surface area contributed by atoms with Gasteiger partial charge >= 0.3 is 0 Å². The number of rotatable bonds is 6. The summed E-state index contributed by atoms with van der Waals surface area (Å²) in [6, 6.07) is 0. The molecule has 1 nitrogen and oxygen atoms in total. The molecule has 0 aromatic carbocycles. The fraction of sp³-hybridized carbons (Fsp3) is 0.818. The minimum Gasteiger partial charge on any atom is -0.388 e. The number of aliphatic hydroxyl groups is 1. The van der Waals surface area contributed by atoms with E-state index in [1.54, 1.807) is 6.08 Å². The molecule has 0 aromatic rings. The minimum absolute atomic E-state index is 0.00306. The van der Waals surface area contributed by atoms with Crippen LogP contribution in [0.4, 0.5) is 0 Å². The Bertz CT molecular complexity index is 127. The summed E-state index contributed by atoms with van der Waals surface area (Å²) in [5, 5.41) is 9.57.